The quantitative estimate of drug-likeness (QED) is 0.174. The van der Waals surface area contributed by atoms with Gasteiger partial charge in [0, 0.05) is 34.6 Å². The van der Waals surface area contributed by atoms with Gasteiger partial charge in [-0.05, 0) is 128 Å². The van der Waals surface area contributed by atoms with Crippen LogP contribution in [0.5, 0.6) is 0 Å². The van der Waals surface area contributed by atoms with Crippen molar-refractivity contribution < 1.29 is 0 Å². The van der Waals surface area contributed by atoms with Gasteiger partial charge in [0.2, 0.25) is 0 Å². The fraction of sp³-hybridized carbons (Fsp3) is 0.0189. The average molecular weight is 751 g/mol. The molecule has 2 aromatic heterocycles. The van der Waals surface area contributed by atoms with Crippen molar-refractivity contribution in [2.24, 2.45) is 0 Å². The van der Waals surface area contributed by atoms with Crippen LogP contribution >= 0.6 is 0 Å². The molecule has 59 heavy (non-hydrogen) atoms. The van der Waals surface area contributed by atoms with Gasteiger partial charge in [0.15, 0.2) is 17.5 Å². The van der Waals surface area contributed by atoms with Crippen molar-refractivity contribution in [1.82, 2.24) is 19.9 Å². The maximum Gasteiger partial charge on any atom is 0.164 e. The first kappa shape index (κ1) is 34.0. The van der Waals surface area contributed by atoms with Crippen LogP contribution < -0.4 is 0 Å². The molecule has 9 aromatic rings. The zero-order valence-corrected chi connectivity index (χ0v) is 31.5. The molecule has 0 aliphatic heterocycles. The summed E-state index contributed by atoms with van der Waals surface area (Å²) in [5.74, 6) is 1.59. The van der Waals surface area contributed by atoms with Crippen molar-refractivity contribution in [3.63, 3.8) is 0 Å². The van der Waals surface area contributed by atoms with Gasteiger partial charge in [0.05, 0.1) is 28.7 Å². The Morgan fingerprint density at radius 1 is 0.356 bits per heavy atom. The van der Waals surface area contributed by atoms with E-state index in [0.29, 0.717) is 28.6 Å². The maximum absolute atomic E-state index is 10.1. The molecule has 6 nitrogen and oxygen atoms in total. The molecule has 11 rings (SSSR count). The summed E-state index contributed by atoms with van der Waals surface area (Å²) >= 11 is 0. The molecule has 2 heterocycles. The number of hydrogen-bond acceptors (Lipinski definition) is 6. The topological polar surface area (TPSA) is 99.1 Å². The summed E-state index contributed by atoms with van der Waals surface area (Å²) in [4.78, 5) is 19.6. The summed E-state index contributed by atoms with van der Waals surface area (Å²) in [5, 5.41) is 19.6. The van der Waals surface area contributed by atoms with E-state index in [2.05, 4.69) is 120 Å². The van der Waals surface area contributed by atoms with E-state index in [1.807, 2.05) is 60.8 Å². The highest BCUT2D eigenvalue weighted by atomic mass is 15.0. The zero-order chi connectivity index (χ0) is 39.5. The van der Waals surface area contributed by atoms with E-state index >= 15 is 0 Å². The summed E-state index contributed by atoms with van der Waals surface area (Å²) in [6.45, 7) is 0. The van der Waals surface area contributed by atoms with Crippen LogP contribution in [-0.4, -0.2) is 19.9 Å². The fourth-order valence-electron chi connectivity index (χ4n) is 9.06. The van der Waals surface area contributed by atoms with Gasteiger partial charge in [-0.25, -0.2) is 15.0 Å². The second kappa shape index (κ2) is 13.4. The van der Waals surface area contributed by atoms with Crippen LogP contribution in [0, 0.1) is 22.7 Å². The third kappa shape index (κ3) is 5.32. The van der Waals surface area contributed by atoms with Crippen LogP contribution in [0.1, 0.15) is 33.4 Å². The molecule has 0 N–H and O–H groups in total. The summed E-state index contributed by atoms with van der Waals surface area (Å²) in [6, 6.07) is 62.6. The van der Waals surface area contributed by atoms with E-state index in [1.165, 1.54) is 27.8 Å². The molecule has 2 aliphatic carbocycles. The van der Waals surface area contributed by atoms with E-state index in [0.717, 1.165) is 55.6 Å². The number of aromatic nitrogens is 4. The van der Waals surface area contributed by atoms with Crippen molar-refractivity contribution in [1.29, 1.82) is 10.5 Å². The van der Waals surface area contributed by atoms with E-state index < -0.39 is 5.41 Å². The molecule has 1 spiro atoms. The van der Waals surface area contributed by atoms with Crippen molar-refractivity contribution >= 4 is 0 Å². The van der Waals surface area contributed by atoms with Gasteiger partial charge in [-0.15, -0.1) is 0 Å². The van der Waals surface area contributed by atoms with Crippen molar-refractivity contribution in [3.05, 3.63) is 216 Å². The van der Waals surface area contributed by atoms with Crippen LogP contribution in [0.25, 0.3) is 78.7 Å². The van der Waals surface area contributed by atoms with E-state index in [1.54, 1.807) is 18.3 Å². The standard InChI is InChI=1S/C53H30N6/c54-30-33-16-19-36(20-17-33)51-57-50(35-9-2-1-3-10-35)58-52(59-51)41-27-39(26-40(28-41)38-11-8-24-56-32-38)37-21-23-45-44-22-18-34(31-55)25-48(44)53(49(45)29-37)46-14-6-4-12-42(46)43-13-5-7-15-47(43)53/h1-29,32H. The minimum absolute atomic E-state index is 0.513. The summed E-state index contributed by atoms with van der Waals surface area (Å²) in [7, 11) is 0. The predicted octanol–water partition coefficient (Wildman–Crippen LogP) is 11.7. The van der Waals surface area contributed by atoms with Crippen LogP contribution in [0.4, 0.5) is 0 Å². The highest BCUT2D eigenvalue weighted by molar-refractivity contribution is 5.96. The van der Waals surface area contributed by atoms with E-state index in [-0.39, 0.29) is 0 Å². The van der Waals surface area contributed by atoms with Gasteiger partial charge in [-0.2, -0.15) is 10.5 Å². The van der Waals surface area contributed by atoms with Crippen molar-refractivity contribution in [2.45, 2.75) is 5.41 Å². The molecule has 0 fully saturated rings. The van der Waals surface area contributed by atoms with E-state index in [9.17, 15) is 10.5 Å². The first-order valence-electron chi connectivity index (χ1n) is 19.4. The zero-order valence-electron chi connectivity index (χ0n) is 31.5. The third-order valence-electron chi connectivity index (χ3n) is 11.7. The lowest BCUT2D eigenvalue weighted by Gasteiger charge is -2.30. The minimum Gasteiger partial charge on any atom is -0.264 e. The molecule has 0 atom stereocenters. The lowest BCUT2D eigenvalue weighted by molar-refractivity contribution is 0.793. The molecule has 272 valence electrons. The Hall–Kier alpha value is -8.32. The highest BCUT2D eigenvalue weighted by Gasteiger charge is 2.51. The number of hydrogen-bond donors (Lipinski definition) is 0. The molecule has 0 radical (unpaired) electrons. The van der Waals surface area contributed by atoms with Crippen LogP contribution in [0.15, 0.2) is 182 Å². The summed E-state index contributed by atoms with van der Waals surface area (Å²) in [6.07, 6.45) is 3.66. The molecule has 0 bridgehead atoms. The number of fused-ring (bicyclic) bond motifs is 10. The average Bonchev–Trinajstić information content (AvgIpc) is 3.78. The Balaban J connectivity index is 1.15. The third-order valence-corrected chi connectivity index (χ3v) is 11.7. The number of benzene rings is 7. The number of pyridine rings is 1. The molecular weight excluding hydrogens is 721 g/mol. The van der Waals surface area contributed by atoms with Gasteiger partial charge in [0.1, 0.15) is 0 Å². The molecule has 0 amide bonds. The Labute approximate surface area is 341 Å². The Morgan fingerprint density at radius 3 is 1.49 bits per heavy atom. The smallest absolute Gasteiger partial charge is 0.164 e. The van der Waals surface area contributed by atoms with Crippen LogP contribution in [-0.2, 0) is 5.41 Å². The molecule has 2 aliphatic rings. The van der Waals surface area contributed by atoms with Gasteiger partial charge >= 0.3 is 0 Å². The van der Waals surface area contributed by atoms with Crippen molar-refractivity contribution in [3.8, 4) is 90.8 Å². The van der Waals surface area contributed by atoms with Crippen LogP contribution in [0.3, 0.4) is 0 Å². The minimum atomic E-state index is -0.612. The molecule has 0 saturated heterocycles. The first-order chi connectivity index (χ1) is 29.1. The largest absolute Gasteiger partial charge is 0.264 e. The lowest BCUT2D eigenvalue weighted by atomic mass is 9.70. The van der Waals surface area contributed by atoms with Gasteiger partial charge in [-0.3, -0.25) is 4.98 Å². The van der Waals surface area contributed by atoms with Gasteiger partial charge < -0.3 is 0 Å². The van der Waals surface area contributed by atoms with Gasteiger partial charge in [0.25, 0.3) is 0 Å². The molecule has 0 saturated carbocycles. The SMILES string of the molecule is N#Cc1ccc(-c2nc(-c3ccccc3)nc(-c3cc(-c4cccnc4)cc(-c4ccc5c(c4)C4(c6ccccc6-c6ccccc64)c4cc(C#N)ccc4-5)c3)n2)cc1. The fourth-order valence-corrected chi connectivity index (χ4v) is 9.06. The monoisotopic (exact) mass is 750 g/mol. The normalized spacial score (nSPS) is 12.5. The Bertz CT molecular complexity index is 3190. The summed E-state index contributed by atoms with van der Waals surface area (Å²) < 4.78 is 0. The highest BCUT2D eigenvalue weighted by Crippen LogP contribution is 2.63. The Morgan fingerprint density at radius 2 is 0.847 bits per heavy atom. The number of rotatable bonds is 5. The number of nitrogens with zero attached hydrogens (tertiary/aromatic N) is 6. The molecule has 7 aromatic carbocycles. The van der Waals surface area contributed by atoms with Crippen molar-refractivity contribution in [2.75, 3.05) is 0 Å². The number of nitriles is 2. The van der Waals surface area contributed by atoms with Gasteiger partial charge in [-0.1, -0.05) is 103 Å². The first-order valence-corrected chi connectivity index (χ1v) is 19.4. The lowest BCUT2D eigenvalue weighted by Crippen LogP contribution is -2.26. The summed E-state index contributed by atoms with van der Waals surface area (Å²) in [5.41, 5.74) is 16.5. The molecular formula is C53H30N6. The van der Waals surface area contributed by atoms with Crippen LogP contribution in [0.2, 0.25) is 0 Å². The maximum atomic E-state index is 10.1. The Kier molecular flexibility index (Phi) is 7.72. The second-order valence-electron chi connectivity index (χ2n) is 14.9. The van der Waals surface area contributed by atoms with E-state index in [4.69, 9.17) is 15.0 Å². The second-order valence-corrected chi connectivity index (χ2v) is 14.9. The predicted molar refractivity (Wildman–Crippen MR) is 231 cm³/mol. The molecule has 6 heteroatoms. The molecule has 0 unspecified atom stereocenters.